The van der Waals surface area contributed by atoms with Crippen molar-refractivity contribution in [3.63, 3.8) is 0 Å². The van der Waals surface area contributed by atoms with Crippen LogP contribution in [-0.2, 0) is 4.79 Å². The van der Waals surface area contributed by atoms with Crippen molar-refractivity contribution in [2.45, 2.75) is 39.8 Å². The molecule has 0 aromatic carbocycles. The summed E-state index contributed by atoms with van der Waals surface area (Å²) < 4.78 is 0. The normalized spacial score (nSPS) is 20.5. The highest BCUT2D eigenvalue weighted by molar-refractivity contribution is 6.30. The first-order chi connectivity index (χ1) is 10.4. The van der Waals surface area contributed by atoms with Crippen LogP contribution >= 0.6 is 0 Å². The van der Waals surface area contributed by atoms with Gasteiger partial charge in [0.05, 0.1) is 5.57 Å². The van der Waals surface area contributed by atoms with E-state index in [1.807, 2.05) is 12.1 Å². The first-order valence-corrected chi connectivity index (χ1v) is 7.59. The molecule has 0 N–H and O–H groups in total. The number of hydrogen-bond donors (Lipinski definition) is 0. The largest absolute Gasteiger partial charge is 0.354 e. The van der Waals surface area contributed by atoms with E-state index < -0.39 is 0 Å². The fourth-order valence-electron chi connectivity index (χ4n) is 2.76. The third kappa shape index (κ3) is 2.84. The summed E-state index contributed by atoms with van der Waals surface area (Å²) in [6.45, 7) is 10.6. The summed E-state index contributed by atoms with van der Waals surface area (Å²) in [6, 6.07) is 2.76. The summed E-state index contributed by atoms with van der Waals surface area (Å²) >= 11 is 0. The number of amides is 1. The van der Waals surface area contributed by atoms with E-state index >= 15 is 0 Å². The highest BCUT2D eigenvalue weighted by atomic mass is 16.2. The van der Waals surface area contributed by atoms with Gasteiger partial charge in [-0.05, 0) is 39.8 Å². The van der Waals surface area contributed by atoms with Crippen molar-refractivity contribution in [3.05, 3.63) is 23.5 Å². The van der Waals surface area contributed by atoms with Crippen molar-refractivity contribution in [2.24, 2.45) is 5.10 Å². The zero-order valence-electron chi connectivity index (χ0n) is 13.9. The molecule has 0 aromatic heterocycles. The third-order valence-electron chi connectivity index (χ3n) is 3.95. The van der Waals surface area contributed by atoms with Crippen LogP contribution in [0.5, 0.6) is 0 Å². The molecule has 2 heterocycles. The molecule has 0 atom stereocenters. The van der Waals surface area contributed by atoms with Gasteiger partial charge in [-0.25, -0.2) is 5.01 Å². The predicted molar refractivity (Wildman–Crippen MR) is 85.7 cm³/mol. The van der Waals surface area contributed by atoms with Gasteiger partial charge in [0.2, 0.25) is 0 Å². The minimum absolute atomic E-state index is 0.176. The van der Waals surface area contributed by atoms with Crippen LogP contribution in [0.3, 0.4) is 0 Å². The van der Waals surface area contributed by atoms with E-state index in [4.69, 9.17) is 5.26 Å². The Kier molecular flexibility index (Phi) is 4.55. The van der Waals surface area contributed by atoms with Gasteiger partial charge in [0.1, 0.15) is 11.9 Å². The van der Waals surface area contributed by atoms with Crippen molar-refractivity contribution in [1.29, 1.82) is 5.26 Å². The van der Waals surface area contributed by atoms with Crippen LogP contribution in [0.2, 0.25) is 0 Å². The topological polar surface area (TPSA) is 62.9 Å². The standard InChI is InChI=1S/C16H23N5O/c1-11(2)20-8-9-21(12(3)4)15(20)7-6-13-14(10-17)18-19(5)16(13)22/h6-7,11-12H,8-9H2,1-5H3/b13-6+. The highest BCUT2D eigenvalue weighted by Crippen LogP contribution is 2.24. The molecule has 2 aliphatic rings. The second-order valence-corrected chi connectivity index (χ2v) is 6.07. The number of rotatable bonds is 3. The number of nitrogens with zero attached hydrogens (tertiary/aromatic N) is 5. The number of carbonyl (C=O) groups is 1. The Morgan fingerprint density at radius 2 is 1.68 bits per heavy atom. The molecule has 0 aliphatic carbocycles. The van der Waals surface area contributed by atoms with Gasteiger partial charge in [-0.15, -0.1) is 0 Å². The quantitative estimate of drug-likeness (QED) is 0.742. The van der Waals surface area contributed by atoms with Gasteiger partial charge in [-0.3, -0.25) is 4.79 Å². The van der Waals surface area contributed by atoms with Crippen LogP contribution < -0.4 is 0 Å². The van der Waals surface area contributed by atoms with E-state index in [2.05, 4.69) is 42.6 Å². The first kappa shape index (κ1) is 16.1. The van der Waals surface area contributed by atoms with E-state index in [1.54, 1.807) is 13.1 Å². The minimum atomic E-state index is -0.237. The number of nitriles is 1. The first-order valence-electron chi connectivity index (χ1n) is 7.59. The van der Waals surface area contributed by atoms with E-state index in [-0.39, 0.29) is 11.6 Å². The molecule has 0 aromatic rings. The number of hydrogen-bond acceptors (Lipinski definition) is 5. The molecular formula is C16H23N5O. The number of allylic oxidation sites excluding steroid dienone is 2. The SMILES string of the molecule is CC(C)N1CCN(C(C)C)C1=C/C=C1/C(=O)N(C)N=C1C#N. The van der Waals surface area contributed by atoms with Crippen molar-refractivity contribution in [1.82, 2.24) is 14.8 Å². The van der Waals surface area contributed by atoms with E-state index in [0.29, 0.717) is 17.7 Å². The monoisotopic (exact) mass is 301 g/mol. The maximum Gasteiger partial charge on any atom is 0.276 e. The fourth-order valence-corrected chi connectivity index (χ4v) is 2.76. The second kappa shape index (κ2) is 6.22. The molecule has 6 heteroatoms. The molecule has 2 aliphatic heterocycles. The Labute approximate surface area is 132 Å². The zero-order valence-corrected chi connectivity index (χ0v) is 13.9. The Bertz CT molecular complexity index is 576. The molecule has 1 saturated heterocycles. The van der Waals surface area contributed by atoms with Gasteiger partial charge >= 0.3 is 0 Å². The Balaban J connectivity index is 2.37. The van der Waals surface area contributed by atoms with Gasteiger partial charge in [0, 0.05) is 32.2 Å². The van der Waals surface area contributed by atoms with E-state index in [1.165, 1.54) is 5.01 Å². The summed E-state index contributed by atoms with van der Waals surface area (Å²) in [5.74, 6) is 0.857. The smallest absolute Gasteiger partial charge is 0.276 e. The van der Waals surface area contributed by atoms with Crippen molar-refractivity contribution in [3.8, 4) is 6.07 Å². The fraction of sp³-hybridized carbons (Fsp3) is 0.562. The zero-order chi connectivity index (χ0) is 16.4. The number of carbonyl (C=O) groups excluding carboxylic acids is 1. The molecule has 2 rings (SSSR count). The predicted octanol–water partition coefficient (Wildman–Crippen LogP) is 1.54. The molecule has 1 fully saturated rings. The van der Waals surface area contributed by atoms with Gasteiger partial charge in [-0.2, -0.15) is 10.4 Å². The summed E-state index contributed by atoms with van der Waals surface area (Å²) in [5, 5.41) is 14.2. The average Bonchev–Trinajstić information content (AvgIpc) is 2.99. The Morgan fingerprint density at radius 3 is 2.14 bits per heavy atom. The number of hydrazone groups is 1. The Morgan fingerprint density at radius 1 is 1.14 bits per heavy atom. The average molecular weight is 301 g/mol. The lowest BCUT2D eigenvalue weighted by molar-refractivity contribution is -0.124. The highest BCUT2D eigenvalue weighted by Gasteiger charge is 2.29. The van der Waals surface area contributed by atoms with E-state index in [9.17, 15) is 4.79 Å². The lowest BCUT2D eigenvalue weighted by atomic mass is 10.1. The maximum absolute atomic E-state index is 12.0. The summed E-state index contributed by atoms with van der Waals surface area (Å²) in [6.07, 6.45) is 3.66. The van der Waals surface area contributed by atoms with Crippen LogP contribution in [0.25, 0.3) is 0 Å². The van der Waals surface area contributed by atoms with Gasteiger partial charge < -0.3 is 9.80 Å². The van der Waals surface area contributed by atoms with Gasteiger partial charge in [0.25, 0.3) is 5.91 Å². The summed E-state index contributed by atoms with van der Waals surface area (Å²) in [5.41, 5.74) is 0.534. The molecule has 0 radical (unpaired) electrons. The summed E-state index contributed by atoms with van der Waals surface area (Å²) in [4.78, 5) is 16.7. The van der Waals surface area contributed by atoms with Crippen molar-refractivity contribution >= 4 is 11.6 Å². The maximum atomic E-state index is 12.0. The van der Waals surface area contributed by atoms with Crippen molar-refractivity contribution in [2.75, 3.05) is 20.1 Å². The van der Waals surface area contributed by atoms with Gasteiger partial charge in [-0.1, -0.05) is 0 Å². The molecule has 0 bridgehead atoms. The minimum Gasteiger partial charge on any atom is -0.354 e. The van der Waals surface area contributed by atoms with Crippen molar-refractivity contribution < 1.29 is 4.79 Å². The molecule has 1 amide bonds. The van der Waals surface area contributed by atoms with Crippen LogP contribution in [0, 0.1) is 11.3 Å². The van der Waals surface area contributed by atoms with Crippen LogP contribution in [0.4, 0.5) is 0 Å². The molecule has 0 unspecified atom stereocenters. The second-order valence-electron chi connectivity index (χ2n) is 6.07. The van der Waals surface area contributed by atoms with E-state index in [0.717, 1.165) is 18.9 Å². The molecular weight excluding hydrogens is 278 g/mol. The molecule has 0 saturated carbocycles. The number of likely N-dealkylation sites (N-methyl/N-ethyl adjacent to an activating group) is 1. The van der Waals surface area contributed by atoms with Crippen LogP contribution in [0.1, 0.15) is 27.7 Å². The summed E-state index contributed by atoms with van der Waals surface area (Å²) in [7, 11) is 1.56. The lowest BCUT2D eigenvalue weighted by Crippen LogP contribution is -2.31. The lowest BCUT2D eigenvalue weighted by Gasteiger charge is -2.30. The third-order valence-corrected chi connectivity index (χ3v) is 3.95. The van der Waals surface area contributed by atoms with Crippen LogP contribution in [0.15, 0.2) is 28.6 Å². The molecule has 6 nitrogen and oxygen atoms in total. The molecule has 118 valence electrons. The Hall–Kier alpha value is -2.29. The molecule has 0 spiro atoms. The molecule has 22 heavy (non-hydrogen) atoms. The van der Waals surface area contributed by atoms with Gasteiger partial charge in [0.15, 0.2) is 5.71 Å². The van der Waals surface area contributed by atoms with Crippen LogP contribution in [-0.4, -0.2) is 58.6 Å².